The van der Waals surface area contributed by atoms with Gasteiger partial charge in [-0.2, -0.15) is 5.10 Å². The largest absolute Gasteiger partial charge is 0.324 e. The van der Waals surface area contributed by atoms with Gasteiger partial charge in [0.2, 0.25) is 5.91 Å². The minimum atomic E-state index is -0.512. The standard InChI is InChI=1S/C15H16N4O4/c1-9-15(19(22)23)10(2)18(17-9)8-14(21)16-13-6-4-5-12(7-13)11(3)20/h4-7H,8H2,1-3H3,(H,16,21). The van der Waals surface area contributed by atoms with Gasteiger partial charge in [0.05, 0.1) is 4.92 Å². The molecule has 0 spiro atoms. The first-order chi connectivity index (χ1) is 10.8. The number of rotatable bonds is 5. The zero-order valence-electron chi connectivity index (χ0n) is 13.0. The molecule has 0 unspecified atom stereocenters. The van der Waals surface area contributed by atoms with E-state index >= 15 is 0 Å². The van der Waals surface area contributed by atoms with E-state index in [0.717, 1.165) is 0 Å². The third-order valence-electron chi connectivity index (χ3n) is 3.37. The number of nitro groups is 1. The monoisotopic (exact) mass is 316 g/mol. The number of aromatic nitrogens is 2. The summed E-state index contributed by atoms with van der Waals surface area (Å²) in [6.45, 7) is 4.36. The summed E-state index contributed by atoms with van der Waals surface area (Å²) < 4.78 is 1.29. The van der Waals surface area contributed by atoms with Crippen LogP contribution in [0, 0.1) is 24.0 Å². The summed E-state index contributed by atoms with van der Waals surface area (Å²) in [5.41, 5.74) is 1.47. The Balaban J connectivity index is 2.14. The van der Waals surface area contributed by atoms with Crippen LogP contribution in [0.4, 0.5) is 11.4 Å². The molecule has 0 aliphatic carbocycles. The molecule has 2 rings (SSSR count). The van der Waals surface area contributed by atoms with Gasteiger partial charge in [0, 0.05) is 11.3 Å². The highest BCUT2D eigenvalue weighted by Crippen LogP contribution is 2.21. The molecule has 0 radical (unpaired) electrons. The molecule has 0 saturated carbocycles. The van der Waals surface area contributed by atoms with E-state index < -0.39 is 4.92 Å². The second-order valence-electron chi connectivity index (χ2n) is 5.12. The SMILES string of the molecule is CC(=O)c1cccc(NC(=O)Cn2nc(C)c([N+](=O)[O-])c2C)c1. The predicted molar refractivity (Wildman–Crippen MR) is 83.4 cm³/mol. The van der Waals surface area contributed by atoms with Crippen molar-refractivity contribution >= 4 is 23.1 Å². The summed E-state index contributed by atoms with van der Waals surface area (Å²) >= 11 is 0. The van der Waals surface area contributed by atoms with Gasteiger partial charge < -0.3 is 5.32 Å². The van der Waals surface area contributed by atoms with Crippen molar-refractivity contribution < 1.29 is 14.5 Å². The summed E-state index contributed by atoms with van der Waals surface area (Å²) in [5.74, 6) is -0.485. The number of Topliss-reactive ketones (excluding diaryl/α,β-unsaturated/α-hetero) is 1. The van der Waals surface area contributed by atoms with E-state index in [0.29, 0.717) is 16.9 Å². The Kier molecular flexibility index (Phi) is 4.54. The molecule has 0 bridgehead atoms. The molecule has 1 heterocycles. The summed E-state index contributed by atoms with van der Waals surface area (Å²) in [7, 11) is 0. The lowest BCUT2D eigenvalue weighted by atomic mass is 10.1. The van der Waals surface area contributed by atoms with E-state index in [1.807, 2.05) is 0 Å². The Hall–Kier alpha value is -3.03. The minimum Gasteiger partial charge on any atom is -0.324 e. The molecule has 0 aliphatic rings. The second-order valence-corrected chi connectivity index (χ2v) is 5.12. The number of nitrogens with zero attached hydrogens (tertiary/aromatic N) is 3. The number of amides is 1. The molecule has 1 aromatic heterocycles. The number of carbonyl (C=O) groups is 2. The molecule has 0 atom stereocenters. The Labute approximate surface area is 132 Å². The molecular weight excluding hydrogens is 300 g/mol. The molecule has 2 aromatic rings. The van der Waals surface area contributed by atoms with Crippen LogP contribution in [0.15, 0.2) is 24.3 Å². The number of carbonyl (C=O) groups excluding carboxylic acids is 2. The number of ketones is 1. The molecule has 0 aliphatic heterocycles. The van der Waals surface area contributed by atoms with Crippen molar-refractivity contribution in [3.63, 3.8) is 0 Å². The van der Waals surface area contributed by atoms with Crippen molar-refractivity contribution in [3.8, 4) is 0 Å². The highest BCUT2D eigenvalue weighted by Gasteiger charge is 2.22. The van der Waals surface area contributed by atoms with Gasteiger partial charge in [-0.1, -0.05) is 12.1 Å². The van der Waals surface area contributed by atoms with Crippen LogP contribution in [0.2, 0.25) is 0 Å². The first-order valence-corrected chi connectivity index (χ1v) is 6.89. The summed E-state index contributed by atoms with van der Waals surface area (Å²) in [6, 6.07) is 6.56. The lowest BCUT2D eigenvalue weighted by molar-refractivity contribution is -0.386. The fraction of sp³-hybridized carbons (Fsp3) is 0.267. The van der Waals surface area contributed by atoms with Gasteiger partial charge >= 0.3 is 5.69 Å². The molecular formula is C15H16N4O4. The minimum absolute atomic E-state index is 0.0867. The summed E-state index contributed by atoms with van der Waals surface area (Å²) in [6.07, 6.45) is 0. The van der Waals surface area contributed by atoms with E-state index in [9.17, 15) is 19.7 Å². The third-order valence-corrected chi connectivity index (χ3v) is 3.37. The number of nitrogens with one attached hydrogen (secondary N) is 1. The van der Waals surface area contributed by atoms with Crippen molar-refractivity contribution in [1.82, 2.24) is 9.78 Å². The van der Waals surface area contributed by atoms with Crippen molar-refractivity contribution in [3.05, 3.63) is 51.3 Å². The molecule has 23 heavy (non-hydrogen) atoms. The Morgan fingerprint density at radius 1 is 1.35 bits per heavy atom. The molecule has 8 nitrogen and oxygen atoms in total. The van der Waals surface area contributed by atoms with Crippen LogP contribution >= 0.6 is 0 Å². The van der Waals surface area contributed by atoms with Crippen LogP contribution in [-0.2, 0) is 11.3 Å². The Morgan fingerprint density at radius 3 is 2.61 bits per heavy atom. The highest BCUT2D eigenvalue weighted by atomic mass is 16.6. The van der Waals surface area contributed by atoms with Crippen molar-refractivity contribution in [2.45, 2.75) is 27.3 Å². The van der Waals surface area contributed by atoms with Crippen LogP contribution in [0.25, 0.3) is 0 Å². The smallest absolute Gasteiger partial charge is 0.312 e. The first-order valence-electron chi connectivity index (χ1n) is 6.89. The quantitative estimate of drug-likeness (QED) is 0.517. The van der Waals surface area contributed by atoms with Crippen LogP contribution in [0.5, 0.6) is 0 Å². The highest BCUT2D eigenvalue weighted by molar-refractivity contribution is 5.97. The van der Waals surface area contributed by atoms with Crippen molar-refractivity contribution in [2.24, 2.45) is 0 Å². The summed E-state index contributed by atoms with van der Waals surface area (Å²) in [5, 5.41) is 17.6. The van der Waals surface area contributed by atoms with E-state index in [-0.39, 0.29) is 29.6 Å². The van der Waals surface area contributed by atoms with E-state index in [4.69, 9.17) is 0 Å². The van der Waals surface area contributed by atoms with Crippen LogP contribution in [-0.4, -0.2) is 26.4 Å². The Bertz CT molecular complexity index is 795. The maximum Gasteiger partial charge on any atom is 0.312 e. The van der Waals surface area contributed by atoms with Gasteiger partial charge in [-0.25, -0.2) is 0 Å². The fourth-order valence-electron chi connectivity index (χ4n) is 2.26. The molecule has 1 aromatic carbocycles. The number of anilines is 1. The number of hydrogen-bond acceptors (Lipinski definition) is 5. The average molecular weight is 316 g/mol. The van der Waals surface area contributed by atoms with E-state index in [2.05, 4.69) is 10.4 Å². The fourth-order valence-corrected chi connectivity index (χ4v) is 2.26. The van der Waals surface area contributed by atoms with Crippen LogP contribution in [0.1, 0.15) is 28.7 Å². The molecule has 8 heteroatoms. The average Bonchev–Trinajstić information content (AvgIpc) is 2.73. The van der Waals surface area contributed by atoms with Gasteiger partial charge in [-0.05, 0) is 32.9 Å². The van der Waals surface area contributed by atoms with Gasteiger partial charge in [-0.15, -0.1) is 0 Å². The number of benzene rings is 1. The zero-order chi connectivity index (χ0) is 17.1. The molecule has 0 saturated heterocycles. The summed E-state index contributed by atoms with van der Waals surface area (Å²) in [4.78, 5) is 33.9. The van der Waals surface area contributed by atoms with Crippen LogP contribution in [0.3, 0.4) is 0 Å². The maximum atomic E-state index is 12.1. The van der Waals surface area contributed by atoms with Gasteiger partial charge in [-0.3, -0.25) is 24.4 Å². The van der Waals surface area contributed by atoms with E-state index in [1.165, 1.54) is 18.5 Å². The lowest BCUT2D eigenvalue weighted by Crippen LogP contribution is -2.20. The topological polar surface area (TPSA) is 107 Å². The Morgan fingerprint density at radius 2 is 2.04 bits per heavy atom. The van der Waals surface area contributed by atoms with Crippen molar-refractivity contribution in [2.75, 3.05) is 5.32 Å². The van der Waals surface area contributed by atoms with Crippen LogP contribution < -0.4 is 5.32 Å². The zero-order valence-corrected chi connectivity index (χ0v) is 13.0. The number of aryl methyl sites for hydroxylation is 1. The van der Waals surface area contributed by atoms with Crippen molar-refractivity contribution in [1.29, 1.82) is 0 Å². The van der Waals surface area contributed by atoms with Gasteiger partial charge in [0.25, 0.3) is 0 Å². The normalized spacial score (nSPS) is 10.4. The first kappa shape index (κ1) is 16.3. The molecule has 1 amide bonds. The number of hydrogen-bond donors (Lipinski definition) is 1. The lowest BCUT2D eigenvalue weighted by Gasteiger charge is -2.07. The van der Waals surface area contributed by atoms with Gasteiger partial charge in [0.1, 0.15) is 17.9 Å². The predicted octanol–water partition coefficient (Wildman–Crippen LogP) is 2.25. The third kappa shape index (κ3) is 3.60. The second kappa shape index (κ2) is 6.39. The molecule has 0 fully saturated rings. The molecule has 120 valence electrons. The van der Waals surface area contributed by atoms with Gasteiger partial charge in [0.15, 0.2) is 5.78 Å². The molecule has 1 N–H and O–H groups in total. The van der Waals surface area contributed by atoms with E-state index in [1.54, 1.807) is 31.2 Å². The maximum absolute atomic E-state index is 12.1.